The predicted molar refractivity (Wildman–Crippen MR) is 105 cm³/mol. The average molecular weight is 380 g/mol. The molecule has 6 nitrogen and oxygen atoms in total. The van der Waals surface area contributed by atoms with E-state index in [1.807, 2.05) is 4.90 Å². The Morgan fingerprint density at radius 3 is 1.96 bits per heavy atom. The maximum absolute atomic E-state index is 12.8. The van der Waals surface area contributed by atoms with Gasteiger partial charge in [0.05, 0.1) is 12.2 Å². The molecule has 0 spiro atoms. The summed E-state index contributed by atoms with van der Waals surface area (Å²) in [5.74, 6) is 0.0288. The number of hydrogen-bond donors (Lipinski definition) is 0. The van der Waals surface area contributed by atoms with Crippen LogP contribution < -0.4 is 0 Å². The van der Waals surface area contributed by atoms with E-state index >= 15 is 0 Å². The summed E-state index contributed by atoms with van der Waals surface area (Å²) < 4.78 is 5.82. The van der Waals surface area contributed by atoms with Crippen LogP contribution in [0.5, 0.6) is 0 Å². The molecule has 0 N–H and O–H groups in total. The van der Waals surface area contributed by atoms with Gasteiger partial charge in [-0.3, -0.25) is 14.5 Å². The van der Waals surface area contributed by atoms with Crippen molar-refractivity contribution >= 4 is 11.8 Å². The Balaban J connectivity index is 1.48. The number of carbonyl (C=O) groups excluding carboxylic acids is 2. The van der Waals surface area contributed by atoms with Crippen LogP contribution in [0.15, 0.2) is 0 Å². The van der Waals surface area contributed by atoms with E-state index in [1.54, 1.807) is 4.90 Å². The molecule has 3 rings (SSSR count). The van der Waals surface area contributed by atoms with E-state index in [4.69, 9.17) is 4.74 Å². The van der Waals surface area contributed by atoms with Crippen molar-refractivity contribution in [2.75, 3.05) is 32.7 Å². The molecule has 3 aliphatic rings. The zero-order valence-corrected chi connectivity index (χ0v) is 17.5. The monoisotopic (exact) mass is 379 g/mol. The van der Waals surface area contributed by atoms with Gasteiger partial charge in [-0.15, -0.1) is 0 Å². The predicted octanol–water partition coefficient (Wildman–Crippen LogP) is 2.12. The second kappa shape index (κ2) is 8.91. The first-order valence-corrected chi connectivity index (χ1v) is 10.8. The van der Waals surface area contributed by atoms with Gasteiger partial charge in [-0.2, -0.15) is 0 Å². The number of piperidine rings is 2. The van der Waals surface area contributed by atoms with Gasteiger partial charge in [-0.05, 0) is 65.7 Å². The van der Waals surface area contributed by atoms with Gasteiger partial charge in [0.15, 0.2) is 0 Å². The first-order chi connectivity index (χ1) is 12.8. The van der Waals surface area contributed by atoms with Crippen molar-refractivity contribution in [1.29, 1.82) is 0 Å². The van der Waals surface area contributed by atoms with Gasteiger partial charge in [0, 0.05) is 44.8 Å². The third-order valence-electron chi connectivity index (χ3n) is 6.52. The standard InChI is InChI=1S/C21H37N3O3/c1-15-6-5-7-16(2)24(15)21(26)20(25)23-10-8-19(9-11-23)14-22-12-17(3)27-18(4)13-22/h15-19H,5-14H2,1-4H3/t15-,16-,17-,18+/m1/s1. The molecule has 0 aliphatic carbocycles. The molecule has 0 radical (unpaired) electrons. The Morgan fingerprint density at radius 2 is 1.41 bits per heavy atom. The fraction of sp³-hybridized carbons (Fsp3) is 0.905. The van der Waals surface area contributed by atoms with E-state index in [-0.39, 0.29) is 23.9 Å². The van der Waals surface area contributed by atoms with Crippen molar-refractivity contribution in [1.82, 2.24) is 14.7 Å². The number of likely N-dealkylation sites (tertiary alicyclic amines) is 2. The minimum absolute atomic E-state index is 0.174. The number of carbonyl (C=O) groups is 2. The molecule has 0 bridgehead atoms. The second-order valence-corrected chi connectivity index (χ2v) is 9.05. The SMILES string of the molecule is C[C@@H]1CN(CC2CCN(C(=O)C(=O)N3[C@H](C)CCC[C@H]3C)CC2)C[C@H](C)O1. The van der Waals surface area contributed by atoms with E-state index in [1.165, 1.54) is 0 Å². The lowest BCUT2D eigenvalue weighted by molar-refractivity contribution is -0.156. The molecular formula is C21H37N3O3. The maximum Gasteiger partial charge on any atom is 0.312 e. The summed E-state index contributed by atoms with van der Waals surface area (Å²) >= 11 is 0. The Kier molecular flexibility index (Phi) is 6.79. The van der Waals surface area contributed by atoms with E-state index < -0.39 is 0 Å². The number of nitrogens with zero attached hydrogens (tertiary/aromatic N) is 3. The molecule has 4 atom stereocenters. The number of rotatable bonds is 2. The number of hydrogen-bond acceptors (Lipinski definition) is 4. The van der Waals surface area contributed by atoms with Gasteiger partial charge >= 0.3 is 11.8 Å². The van der Waals surface area contributed by atoms with E-state index in [0.29, 0.717) is 31.2 Å². The van der Waals surface area contributed by atoms with Gasteiger partial charge in [0.2, 0.25) is 0 Å². The molecule has 2 amide bonds. The Labute approximate surface area is 164 Å². The summed E-state index contributed by atoms with van der Waals surface area (Å²) in [6.45, 7) is 12.9. The Hall–Kier alpha value is -1.14. The lowest BCUT2D eigenvalue weighted by atomic mass is 9.95. The molecule has 3 saturated heterocycles. The molecule has 3 heterocycles. The van der Waals surface area contributed by atoms with Gasteiger partial charge in [0.1, 0.15) is 0 Å². The van der Waals surface area contributed by atoms with Crippen molar-refractivity contribution in [2.24, 2.45) is 5.92 Å². The average Bonchev–Trinajstić information content (AvgIpc) is 2.60. The van der Waals surface area contributed by atoms with Gasteiger partial charge in [-0.1, -0.05) is 0 Å². The van der Waals surface area contributed by atoms with Crippen molar-refractivity contribution in [3.05, 3.63) is 0 Å². The van der Waals surface area contributed by atoms with Crippen LogP contribution in [0.2, 0.25) is 0 Å². The second-order valence-electron chi connectivity index (χ2n) is 9.05. The minimum atomic E-state index is -0.289. The molecule has 3 aliphatic heterocycles. The van der Waals surface area contributed by atoms with Crippen LogP contribution in [-0.2, 0) is 14.3 Å². The van der Waals surface area contributed by atoms with Crippen LogP contribution in [0.1, 0.15) is 59.8 Å². The third-order valence-corrected chi connectivity index (χ3v) is 6.52. The summed E-state index contributed by atoms with van der Waals surface area (Å²) in [7, 11) is 0. The largest absolute Gasteiger partial charge is 0.373 e. The summed E-state index contributed by atoms with van der Waals surface area (Å²) in [6.07, 6.45) is 5.71. The normalized spacial score (nSPS) is 33.9. The van der Waals surface area contributed by atoms with Crippen molar-refractivity contribution < 1.29 is 14.3 Å². The smallest absolute Gasteiger partial charge is 0.312 e. The quantitative estimate of drug-likeness (QED) is 0.690. The number of amides is 2. The summed E-state index contributed by atoms with van der Waals surface area (Å²) in [5.41, 5.74) is 0. The van der Waals surface area contributed by atoms with Gasteiger partial charge in [-0.25, -0.2) is 0 Å². The fourth-order valence-corrected chi connectivity index (χ4v) is 5.18. The third kappa shape index (κ3) is 5.02. The minimum Gasteiger partial charge on any atom is -0.373 e. The van der Waals surface area contributed by atoms with Crippen LogP contribution in [0.3, 0.4) is 0 Å². The van der Waals surface area contributed by atoms with Gasteiger partial charge in [0.25, 0.3) is 0 Å². The van der Waals surface area contributed by atoms with Crippen LogP contribution in [0.4, 0.5) is 0 Å². The van der Waals surface area contributed by atoms with Crippen LogP contribution in [-0.4, -0.2) is 83.5 Å². The summed E-state index contributed by atoms with van der Waals surface area (Å²) in [4.78, 5) is 31.7. The molecule has 3 fully saturated rings. The molecule has 6 heteroatoms. The van der Waals surface area contributed by atoms with Crippen molar-refractivity contribution in [3.63, 3.8) is 0 Å². The zero-order chi connectivity index (χ0) is 19.6. The molecule has 0 aromatic carbocycles. The van der Waals surface area contributed by atoms with E-state index in [0.717, 1.165) is 51.7 Å². The number of morpholine rings is 1. The first kappa shape index (κ1) is 20.6. The van der Waals surface area contributed by atoms with Crippen LogP contribution >= 0.6 is 0 Å². The lowest BCUT2D eigenvalue weighted by Gasteiger charge is -2.41. The van der Waals surface area contributed by atoms with E-state index in [9.17, 15) is 9.59 Å². The van der Waals surface area contributed by atoms with Crippen LogP contribution in [0, 0.1) is 5.92 Å². The van der Waals surface area contributed by atoms with Crippen molar-refractivity contribution in [3.8, 4) is 0 Å². The van der Waals surface area contributed by atoms with Crippen LogP contribution in [0.25, 0.3) is 0 Å². The Bertz CT molecular complexity index is 513. The topological polar surface area (TPSA) is 53.1 Å². The highest BCUT2D eigenvalue weighted by molar-refractivity contribution is 6.35. The molecule has 0 aromatic rings. The molecule has 0 unspecified atom stereocenters. The maximum atomic E-state index is 12.8. The molecule has 154 valence electrons. The fourth-order valence-electron chi connectivity index (χ4n) is 5.18. The number of ether oxygens (including phenoxy) is 1. The first-order valence-electron chi connectivity index (χ1n) is 10.8. The summed E-state index contributed by atoms with van der Waals surface area (Å²) in [6, 6.07) is 0.348. The highest BCUT2D eigenvalue weighted by atomic mass is 16.5. The molecule has 0 aromatic heterocycles. The zero-order valence-electron chi connectivity index (χ0n) is 17.5. The highest BCUT2D eigenvalue weighted by Crippen LogP contribution is 2.25. The molecular weight excluding hydrogens is 342 g/mol. The van der Waals surface area contributed by atoms with Gasteiger partial charge < -0.3 is 14.5 Å². The Morgan fingerprint density at radius 1 is 0.852 bits per heavy atom. The highest BCUT2D eigenvalue weighted by Gasteiger charge is 2.36. The van der Waals surface area contributed by atoms with E-state index in [2.05, 4.69) is 32.6 Å². The molecule has 27 heavy (non-hydrogen) atoms. The summed E-state index contributed by atoms with van der Waals surface area (Å²) in [5, 5.41) is 0. The lowest BCUT2D eigenvalue weighted by Crippen LogP contribution is -2.55. The van der Waals surface area contributed by atoms with Crippen molar-refractivity contribution in [2.45, 2.75) is 84.1 Å². The molecule has 0 saturated carbocycles.